The monoisotopic (exact) mass is 222 g/mol. The Labute approximate surface area is 101 Å². The molecule has 2 heteroatoms. The molecular formula is C15H14N2. The van der Waals surface area contributed by atoms with Crippen molar-refractivity contribution in [3.63, 3.8) is 0 Å². The zero-order chi connectivity index (χ0) is 11.8. The summed E-state index contributed by atoms with van der Waals surface area (Å²) in [6.07, 6.45) is 0.918. The predicted octanol–water partition coefficient (Wildman–Crippen LogP) is 3.25. The highest BCUT2D eigenvalue weighted by atomic mass is 14.8. The molecule has 0 spiro atoms. The molecule has 2 aromatic carbocycles. The molecule has 3 rings (SSSR count). The van der Waals surface area contributed by atoms with E-state index in [0.29, 0.717) is 0 Å². The molecule has 0 aliphatic carbocycles. The van der Waals surface area contributed by atoms with Crippen molar-refractivity contribution < 1.29 is 0 Å². The van der Waals surface area contributed by atoms with E-state index in [1.807, 2.05) is 24.3 Å². The summed E-state index contributed by atoms with van der Waals surface area (Å²) in [6, 6.07) is 14.3. The summed E-state index contributed by atoms with van der Waals surface area (Å²) in [5.74, 6) is 0. The second-order valence-corrected chi connectivity index (χ2v) is 4.49. The number of fused-ring (bicyclic) bond motifs is 1. The molecular weight excluding hydrogens is 208 g/mol. The summed E-state index contributed by atoms with van der Waals surface area (Å²) in [4.78, 5) is 4.67. The van der Waals surface area contributed by atoms with Crippen LogP contribution in [0.1, 0.15) is 16.7 Å². The maximum atomic E-state index is 5.69. The SMILES string of the molecule is Cc1ccc2c(c1)CC(c1ccc(N)cc1)=N2. The number of benzene rings is 2. The van der Waals surface area contributed by atoms with Crippen LogP contribution in [0.3, 0.4) is 0 Å². The fourth-order valence-electron chi connectivity index (χ4n) is 2.17. The summed E-state index contributed by atoms with van der Waals surface area (Å²) >= 11 is 0. The van der Waals surface area contributed by atoms with Gasteiger partial charge < -0.3 is 5.73 Å². The Hall–Kier alpha value is -2.09. The van der Waals surface area contributed by atoms with Crippen molar-refractivity contribution in [3.05, 3.63) is 59.2 Å². The summed E-state index contributed by atoms with van der Waals surface area (Å²) in [6.45, 7) is 2.11. The molecule has 1 aliphatic heterocycles. The number of nitrogens with zero attached hydrogens (tertiary/aromatic N) is 1. The Morgan fingerprint density at radius 3 is 2.59 bits per heavy atom. The van der Waals surface area contributed by atoms with Crippen molar-refractivity contribution in [2.45, 2.75) is 13.3 Å². The highest BCUT2D eigenvalue weighted by Gasteiger charge is 2.15. The van der Waals surface area contributed by atoms with Gasteiger partial charge in [-0.15, -0.1) is 0 Å². The fourth-order valence-corrected chi connectivity index (χ4v) is 2.17. The Bertz CT molecular complexity index is 595. The third kappa shape index (κ3) is 1.82. The average molecular weight is 222 g/mol. The minimum absolute atomic E-state index is 0.792. The first-order chi connectivity index (χ1) is 8.22. The van der Waals surface area contributed by atoms with Crippen LogP contribution in [-0.2, 0) is 6.42 Å². The zero-order valence-electron chi connectivity index (χ0n) is 9.77. The van der Waals surface area contributed by atoms with Crippen molar-refractivity contribution in [3.8, 4) is 0 Å². The molecule has 0 radical (unpaired) electrons. The minimum Gasteiger partial charge on any atom is -0.399 e. The van der Waals surface area contributed by atoms with Gasteiger partial charge >= 0.3 is 0 Å². The van der Waals surface area contributed by atoms with Gasteiger partial charge in [-0.2, -0.15) is 0 Å². The maximum absolute atomic E-state index is 5.69. The smallest absolute Gasteiger partial charge is 0.0669 e. The lowest BCUT2D eigenvalue weighted by molar-refractivity contribution is 1.34. The standard InChI is InChI=1S/C15H14N2/c1-10-2-7-14-12(8-10)9-15(17-14)11-3-5-13(16)6-4-11/h2-8H,9,16H2,1H3. The van der Waals surface area contributed by atoms with E-state index in [1.54, 1.807) is 0 Å². The predicted molar refractivity (Wildman–Crippen MR) is 71.9 cm³/mol. The van der Waals surface area contributed by atoms with E-state index in [4.69, 9.17) is 5.73 Å². The van der Waals surface area contributed by atoms with Crippen LogP contribution in [0.25, 0.3) is 0 Å². The van der Waals surface area contributed by atoms with Gasteiger partial charge in [0.2, 0.25) is 0 Å². The molecule has 2 aromatic rings. The molecule has 0 bridgehead atoms. The second-order valence-electron chi connectivity index (χ2n) is 4.49. The number of nitrogen functional groups attached to an aromatic ring is 1. The third-order valence-corrected chi connectivity index (χ3v) is 3.09. The van der Waals surface area contributed by atoms with Gasteiger partial charge in [-0.3, -0.25) is 4.99 Å². The molecule has 0 saturated heterocycles. The first kappa shape index (κ1) is 10.1. The number of hydrogen-bond donors (Lipinski definition) is 1. The second kappa shape index (κ2) is 3.74. The molecule has 1 aliphatic rings. The first-order valence-electron chi connectivity index (χ1n) is 5.75. The number of aryl methyl sites for hydroxylation is 1. The van der Waals surface area contributed by atoms with Gasteiger partial charge in [0, 0.05) is 12.1 Å². The van der Waals surface area contributed by atoms with Gasteiger partial charge in [0.05, 0.1) is 11.4 Å². The quantitative estimate of drug-likeness (QED) is 0.739. The highest BCUT2D eigenvalue weighted by Crippen LogP contribution is 2.29. The number of nitrogens with two attached hydrogens (primary N) is 1. The lowest BCUT2D eigenvalue weighted by atomic mass is 10.0. The number of hydrogen-bond acceptors (Lipinski definition) is 2. The summed E-state index contributed by atoms with van der Waals surface area (Å²) in [5, 5.41) is 0. The van der Waals surface area contributed by atoms with Crippen LogP contribution in [0.4, 0.5) is 11.4 Å². The summed E-state index contributed by atoms with van der Waals surface area (Å²) in [7, 11) is 0. The number of aliphatic imine (C=N–C) groups is 1. The third-order valence-electron chi connectivity index (χ3n) is 3.09. The molecule has 2 nitrogen and oxygen atoms in total. The Kier molecular flexibility index (Phi) is 2.22. The van der Waals surface area contributed by atoms with Crippen LogP contribution in [0.5, 0.6) is 0 Å². The van der Waals surface area contributed by atoms with E-state index < -0.39 is 0 Å². The topological polar surface area (TPSA) is 38.4 Å². The van der Waals surface area contributed by atoms with Crippen LogP contribution < -0.4 is 5.73 Å². The van der Waals surface area contributed by atoms with Gasteiger partial charge in [-0.1, -0.05) is 29.8 Å². The molecule has 0 saturated carbocycles. The molecule has 0 unspecified atom stereocenters. The first-order valence-corrected chi connectivity index (χ1v) is 5.75. The summed E-state index contributed by atoms with van der Waals surface area (Å²) < 4.78 is 0. The maximum Gasteiger partial charge on any atom is 0.0669 e. The van der Waals surface area contributed by atoms with Gasteiger partial charge in [0.15, 0.2) is 0 Å². The van der Waals surface area contributed by atoms with Crippen molar-refractivity contribution in [2.75, 3.05) is 5.73 Å². The Morgan fingerprint density at radius 2 is 1.82 bits per heavy atom. The highest BCUT2D eigenvalue weighted by molar-refractivity contribution is 6.06. The van der Waals surface area contributed by atoms with Crippen LogP contribution in [0.2, 0.25) is 0 Å². The van der Waals surface area contributed by atoms with Gasteiger partial charge in [0.1, 0.15) is 0 Å². The van der Waals surface area contributed by atoms with Gasteiger partial charge in [0.25, 0.3) is 0 Å². The number of rotatable bonds is 1. The largest absolute Gasteiger partial charge is 0.399 e. The van der Waals surface area contributed by atoms with Crippen molar-refractivity contribution in [1.82, 2.24) is 0 Å². The Balaban J connectivity index is 1.97. The van der Waals surface area contributed by atoms with E-state index in [9.17, 15) is 0 Å². The van der Waals surface area contributed by atoms with E-state index in [2.05, 4.69) is 30.1 Å². The van der Waals surface area contributed by atoms with Crippen molar-refractivity contribution >= 4 is 17.1 Å². The minimum atomic E-state index is 0.792. The van der Waals surface area contributed by atoms with E-state index in [-0.39, 0.29) is 0 Å². The van der Waals surface area contributed by atoms with Crippen LogP contribution in [0.15, 0.2) is 47.5 Å². The van der Waals surface area contributed by atoms with E-state index in [1.165, 1.54) is 11.1 Å². The lowest BCUT2D eigenvalue weighted by Crippen LogP contribution is -2.00. The zero-order valence-corrected chi connectivity index (χ0v) is 9.77. The van der Waals surface area contributed by atoms with Crippen molar-refractivity contribution in [2.24, 2.45) is 4.99 Å². The fraction of sp³-hybridized carbons (Fsp3) is 0.133. The normalized spacial score (nSPS) is 13.4. The number of anilines is 1. The lowest BCUT2D eigenvalue weighted by Gasteiger charge is -2.00. The van der Waals surface area contributed by atoms with Crippen LogP contribution in [-0.4, -0.2) is 5.71 Å². The van der Waals surface area contributed by atoms with E-state index >= 15 is 0 Å². The molecule has 0 aromatic heterocycles. The average Bonchev–Trinajstić information content (AvgIpc) is 2.72. The molecule has 84 valence electrons. The molecule has 0 fully saturated rings. The molecule has 1 heterocycles. The molecule has 17 heavy (non-hydrogen) atoms. The van der Waals surface area contributed by atoms with Gasteiger partial charge in [-0.25, -0.2) is 0 Å². The Morgan fingerprint density at radius 1 is 1.06 bits per heavy atom. The summed E-state index contributed by atoms with van der Waals surface area (Å²) in [5.41, 5.74) is 12.5. The molecule has 0 atom stereocenters. The van der Waals surface area contributed by atoms with Crippen molar-refractivity contribution in [1.29, 1.82) is 0 Å². The molecule has 2 N–H and O–H groups in total. The molecule has 0 amide bonds. The van der Waals surface area contributed by atoms with Crippen LogP contribution >= 0.6 is 0 Å². The van der Waals surface area contributed by atoms with E-state index in [0.717, 1.165) is 29.1 Å². The van der Waals surface area contributed by atoms with Crippen LogP contribution in [0, 0.1) is 6.92 Å². The van der Waals surface area contributed by atoms with Gasteiger partial charge in [-0.05, 0) is 36.2 Å².